The van der Waals surface area contributed by atoms with Crippen LogP contribution in [0.15, 0.2) is 12.1 Å². The van der Waals surface area contributed by atoms with Gasteiger partial charge in [0, 0.05) is 6.92 Å². The number of nitro benzene ring substituents is 3. The molecule has 2 rings (SSSR count). The Morgan fingerprint density at radius 1 is 1.09 bits per heavy atom. The van der Waals surface area contributed by atoms with Crippen LogP contribution in [-0.4, -0.2) is 56.7 Å². The summed E-state index contributed by atoms with van der Waals surface area (Å²) < 4.78 is 4.45. The van der Waals surface area contributed by atoms with Gasteiger partial charge in [0.05, 0.1) is 40.0 Å². The van der Waals surface area contributed by atoms with Gasteiger partial charge in [-0.15, -0.1) is 0 Å². The number of nitro groups is 3. The van der Waals surface area contributed by atoms with Crippen molar-refractivity contribution >= 4 is 23.0 Å². The van der Waals surface area contributed by atoms with E-state index in [9.17, 15) is 40.3 Å². The van der Waals surface area contributed by atoms with E-state index in [4.69, 9.17) is 5.11 Å². The minimum atomic E-state index is -1.21. The highest BCUT2D eigenvalue weighted by Crippen LogP contribution is 2.38. The second kappa shape index (κ2) is 11.5. The van der Waals surface area contributed by atoms with Gasteiger partial charge in [-0.05, 0) is 24.7 Å². The fourth-order valence-electron chi connectivity index (χ4n) is 2.69. The third kappa shape index (κ3) is 8.13. The Labute approximate surface area is 182 Å². The molecule has 1 heterocycles. The normalized spacial score (nSPS) is 19.4. The molecule has 1 aromatic rings. The predicted molar refractivity (Wildman–Crippen MR) is 109 cm³/mol. The zero-order valence-electron chi connectivity index (χ0n) is 17.4. The molecule has 14 nitrogen and oxygen atoms in total. The number of phenols is 1. The fourth-order valence-corrected chi connectivity index (χ4v) is 2.69. The van der Waals surface area contributed by atoms with Crippen molar-refractivity contribution in [1.82, 2.24) is 0 Å². The maximum atomic E-state index is 12.1. The molecular weight excluding hydrogens is 432 g/mol. The Morgan fingerprint density at radius 2 is 1.59 bits per heavy atom. The molecule has 0 unspecified atom stereocenters. The number of benzene rings is 1. The quantitative estimate of drug-likeness (QED) is 0.172. The van der Waals surface area contributed by atoms with Gasteiger partial charge in [-0.3, -0.25) is 35.1 Å². The van der Waals surface area contributed by atoms with Crippen LogP contribution in [0, 0.1) is 53.3 Å². The van der Waals surface area contributed by atoms with Crippen LogP contribution in [0.5, 0.6) is 5.75 Å². The van der Waals surface area contributed by atoms with Gasteiger partial charge in [0.15, 0.2) is 6.61 Å². The van der Waals surface area contributed by atoms with Crippen molar-refractivity contribution in [3.05, 3.63) is 47.7 Å². The molecule has 32 heavy (non-hydrogen) atoms. The largest absolute Gasteiger partial charge is 0.632 e. The molecule has 1 saturated heterocycles. The third-order valence-corrected chi connectivity index (χ3v) is 4.56. The highest BCUT2D eigenvalue weighted by Gasteiger charge is 2.30. The molecule has 0 aliphatic carbocycles. The lowest BCUT2D eigenvalue weighted by Crippen LogP contribution is -2.48. The number of likely N-dealkylation sites (tertiary alicyclic amines) is 1. The summed E-state index contributed by atoms with van der Waals surface area (Å²) in [6.45, 7) is 5.23. The van der Waals surface area contributed by atoms with Crippen molar-refractivity contribution in [3.63, 3.8) is 0 Å². The van der Waals surface area contributed by atoms with Crippen molar-refractivity contribution in [3.8, 4) is 17.6 Å². The van der Waals surface area contributed by atoms with E-state index in [2.05, 4.69) is 23.5 Å². The average molecular weight is 454 g/mol. The number of hydrogen-bond acceptors (Lipinski definition) is 10. The molecule has 1 aliphatic rings. The Bertz CT molecular complexity index is 910. The monoisotopic (exact) mass is 454 g/mol. The first-order chi connectivity index (χ1) is 14.9. The molecule has 0 saturated carbocycles. The average Bonchev–Trinajstić information content (AvgIpc) is 2.70. The summed E-state index contributed by atoms with van der Waals surface area (Å²) in [4.78, 5) is 38.2. The highest BCUT2D eigenvalue weighted by atomic mass is 16.6. The number of hydroxylamine groups is 3. The standard InChI is InChI=1S/C12H19NO3.C6H3N3O7/c1-11-5-8-13(15,9-6-11)7-3-4-10-16-12(2)14;10-6-4(8(13)14)1-3(7(11)12)2-5(6)9(15)16/h11H,5-10H2,1-2H3;1-2,10H. The van der Waals surface area contributed by atoms with Crippen LogP contribution >= 0.6 is 0 Å². The van der Waals surface area contributed by atoms with Crippen molar-refractivity contribution in [1.29, 1.82) is 0 Å². The lowest BCUT2D eigenvalue weighted by molar-refractivity contribution is -0.879. The summed E-state index contributed by atoms with van der Waals surface area (Å²) in [5, 5.41) is 52.3. The maximum Gasteiger partial charge on any atom is 0.324 e. The van der Waals surface area contributed by atoms with Gasteiger partial charge in [0.1, 0.15) is 6.54 Å². The number of rotatable bonds is 5. The molecule has 0 atom stereocenters. The number of nitrogens with zero attached hydrogens (tertiary/aromatic N) is 4. The molecule has 174 valence electrons. The van der Waals surface area contributed by atoms with Crippen molar-refractivity contribution in [2.24, 2.45) is 5.92 Å². The van der Waals surface area contributed by atoms with E-state index in [1.54, 1.807) is 0 Å². The molecule has 0 radical (unpaired) electrons. The number of aromatic hydroxyl groups is 1. The van der Waals surface area contributed by atoms with Crippen molar-refractivity contribution in [2.75, 3.05) is 26.2 Å². The summed E-state index contributed by atoms with van der Waals surface area (Å²) >= 11 is 0. The number of carbonyl (C=O) groups excluding carboxylic acids is 1. The second-order valence-electron chi connectivity index (χ2n) is 7.08. The number of non-ortho nitro benzene ring substituents is 1. The fraction of sp³-hybridized carbons (Fsp3) is 0.500. The van der Waals surface area contributed by atoms with Crippen LogP contribution < -0.4 is 0 Å². The smallest absolute Gasteiger partial charge is 0.324 e. The van der Waals surface area contributed by atoms with E-state index in [0.29, 0.717) is 37.7 Å². The molecule has 0 amide bonds. The van der Waals surface area contributed by atoms with E-state index >= 15 is 0 Å². The van der Waals surface area contributed by atoms with Gasteiger partial charge in [-0.25, -0.2) is 0 Å². The van der Waals surface area contributed by atoms with Crippen LogP contribution in [0.3, 0.4) is 0 Å². The summed E-state index contributed by atoms with van der Waals surface area (Å²) in [6, 6.07) is 0.894. The molecule has 0 spiro atoms. The molecule has 1 aliphatic heterocycles. The Hall–Kier alpha value is -3.83. The van der Waals surface area contributed by atoms with Gasteiger partial charge in [0.2, 0.25) is 0 Å². The lowest BCUT2D eigenvalue weighted by atomic mass is 9.99. The van der Waals surface area contributed by atoms with E-state index in [1.807, 2.05) is 0 Å². The van der Waals surface area contributed by atoms with E-state index < -0.39 is 37.6 Å². The number of esters is 1. The van der Waals surface area contributed by atoms with Crippen LogP contribution in [0.4, 0.5) is 17.1 Å². The van der Waals surface area contributed by atoms with Gasteiger partial charge >= 0.3 is 17.3 Å². The van der Waals surface area contributed by atoms with Crippen molar-refractivity contribution in [2.45, 2.75) is 26.7 Å². The topological polar surface area (TPSA) is 199 Å². The minimum Gasteiger partial charge on any atom is -0.632 e. The molecule has 0 aromatic heterocycles. The molecular formula is C18H22N4O10. The van der Waals surface area contributed by atoms with Gasteiger partial charge in [0.25, 0.3) is 11.4 Å². The Balaban J connectivity index is 0.000000320. The first-order valence-corrected chi connectivity index (χ1v) is 9.32. The van der Waals surface area contributed by atoms with E-state index in [0.717, 1.165) is 12.8 Å². The summed E-state index contributed by atoms with van der Waals surface area (Å²) in [5.74, 6) is 4.60. The number of piperidine rings is 1. The van der Waals surface area contributed by atoms with Crippen LogP contribution in [-0.2, 0) is 9.53 Å². The summed E-state index contributed by atoms with van der Waals surface area (Å²) in [6.07, 6.45) is 1.96. The molecule has 1 fully saturated rings. The second-order valence-corrected chi connectivity index (χ2v) is 7.08. The summed E-state index contributed by atoms with van der Waals surface area (Å²) in [5.41, 5.74) is -3.00. The van der Waals surface area contributed by atoms with Crippen LogP contribution in [0.1, 0.15) is 26.7 Å². The van der Waals surface area contributed by atoms with Gasteiger partial charge < -0.3 is 19.7 Å². The van der Waals surface area contributed by atoms with Crippen molar-refractivity contribution < 1.29 is 34.1 Å². The van der Waals surface area contributed by atoms with Gasteiger partial charge in [-0.2, -0.15) is 0 Å². The maximum absolute atomic E-state index is 12.1. The molecule has 14 heteroatoms. The minimum absolute atomic E-state index is 0.0890. The first-order valence-electron chi connectivity index (χ1n) is 9.32. The predicted octanol–water partition coefficient (Wildman–Crippen LogP) is 2.41. The SMILES string of the molecule is CC(=O)OCC#CC[N+]1([O-])CCC(C)CC1.O=[N+]([O-])c1cc([N+](=O)[O-])c(O)c([N+](=O)[O-])c1. The lowest BCUT2D eigenvalue weighted by Gasteiger charge is -2.45. The molecule has 1 aromatic carbocycles. The summed E-state index contributed by atoms with van der Waals surface area (Å²) in [7, 11) is 0. The third-order valence-electron chi connectivity index (χ3n) is 4.56. The van der Waals surface area contributed by atoms with Crippen LogP contribution in [0.25, 0.3) is 0 Å². The Kier molecular flexibility index (Phi) is 9.44. The first kappa shape index (κ1) is 26.2. The highest BCUT2D eigenvalue weighted by molar-refractivity contribution is 5.66. The van der Waals surface area contributed by atoms with E-state index in [1.165, 1.54) is 6.92 Å². The van der Waals surface area contributed by atoms with Gasteiger partial charge in [-0.1, -0.05) is 12.8 Å². The number of carbonyl (C=O) groups is 1. The molecule has 0 bridgehead atoms. The molecule has 1 N–H and O–H groups in total. The zero-order chi connectivity index (χ0) is 24.5. The Morgan fingerprint density at radius 3 is 2.00 bits per heavy atom. The number of quaternary nitrogens is 1. The number of hydrogen-bond donors (Lipinski definition) is 1. The van der Waals surface area contributed by atoms with Crippen LogP contribution in [0.2, 0.25) is 0 Å². The van der Waals surface area contributed by atoms with E-state index in [-0.39, 0.29) is 17.2 Å². The number of ether oxygens (including phenoxy) is 1. The number of phenolic OH excluding ortho intramolecular Hbond substituents is 1. The zero-order valence-corrected chi connectivity index (χ0v) is 17.4.